The Kier molecular flexibility index (Phi) is 4.60. The minimum Gasteiger partial charge on any atom is -0.384 e. The Hall–Kier alpha value is -0.250. The lowest BCUT2D eigenvalue weighted by molar-refractivity contribution is -0.208. The maximum atomic E-state index is 11.8. The third-order valence-corrected chi connectivity index (χ3v) is 1.78. The zero-order valence-corrected chi connectivity index (χ0v) is 7.36. The molecular weight excluding hydrogens is 169 g/mol. The molecule has 0 aromatic heterocycles. The molecular formula is C8H15F3O. The van der Waals surface area contributed by atoms with Crippen molar-refractivity contribution in [3.05, 3.63) is 0 Å². The Balaban J connectivity index is 3.76. The molecule has 2 unspecified atom stereocenters. The van der Waals surface area contributed by atoms with Gasteiger partial charge >= 0.3 is 6.18 Å². The lowest BCUT2D eigenvalue weighted by atomic mass is 9.99. The van der Waals surface area contributed by atoms with Gasteiger partial charge in [-0.3, -0.25) is 0 Å². The summed E-state index contributed by atoms with van der Waals surface area (Å²) in [7, 11) is 0. The van der Waals surface area contributed by atoms with Gasteiger partial charge in [-0.1, -0.05) is 26.7 Å². The molecule has 4 heteroatoms. The second kappa shape index (κ2) is 4.70. The third-order valence-electron chi connectivity index (χ3n) is 1.78. The zero-order chi connectivity index (χ0) is 9.78. The fraction of sp³-hybridized carbons (Fsp3) is 1.00. The van der Waals surface area contributed by atoms with E-state index in [0.29, 0.717) is 0 Å². The van der Waals surface area contributed by atoms with Crippen LogP contribution in [0.2, 0.25) is 0 Å². The van der Waals surface area contributed by atoms with E-state index in [-0.39, 0.29) is 12.3 Å². The molecule has 1 N–H and O–H groups in total. The summed E-state index contributed by atoms with van der Waals surface area (Å²) in [4.78, 5) is 0. The summed E-state index contributed by atoms with van der Waals surface area (Å²) in [6, 6.07) is 0. The van der Waals surface area contributed by atoms with E-state index in [0.717, 1.165) is 12.8 Å². The van der Waals surface area contributed by atoms with Gasteiger partial charge in [0.25, 0.3) is 0 Å². The number of alkyl halides is 3. The van der Waals surface area contributed by atoms with E-state index in [1.807, 2.05) is 6.92 Å². The van der Waals surface area contributed by atoms with Gasteiger partial charge < -0.3 is 5.11 Å². The van der Waals surface area contributed by atoms with Gasteiger partial charge in [0.05, 0.1) is 0 Å². The highest BCUT2D eigenvalue weighted by molar-refractivity contribution is 4.68. The third kappa shape index (κ3) is 4.59. The van der Waals surface area contributed by atoms with Crippen LogP contribution in [0.1, 0.15) is 33.1 Å². The average molecular weight is 184 g/mol. The van der Waals surface area contributed by atoms with Gasteiger partial charge in [-0.25, -0.2) is 0 Å². The number of aliphatic hydroxyl groups excluding tert-OH is 1. The summed E-state index contributed by atoms with van der Waals surface area (Å²) in [6.45, 7) is 3.63. The van der Waals surface area contributed by atoms with E-state index in [1.54, 1.807) is 6.92 Å². The summed E-state index contributed by atoms with van der Waals surface area (Å²) in [5.74, 6) is -0.0633. The number of rotatable bonds is 4. The van der Waals surface area contributed by atoms with E-state index < -0.39 is 12.3 Å². The molecule has 0 saturated heterocycles. The molecule has 0 fully saturated rings. The van der Waals surface area contributed by atoms with Crippen molar-refractivity contribution in [2.24, 2.45) is 5.92 Å². The van der Waals surface area contributed by atoms with E-state index in [9.17, 15) is 13.2 Å². The van der Waals surface area contributed by atoms with E-state index in [1.165, 1.54) is 0 Å². The van der Waals surface area contributed by atoms with Crippen molar-refractivity contribution in [3.63, 3.8) is 0 Å². The van der Waals surface area contributed by atoms with Crippen LogP contribution in [0, 0.1) is 5.92 Å². The number of halogens is 3. The Labute approximate surface area is 70.6 Å². The molecule has 0 spiro atoms. The average Bonchev–Trinajstić information content (AvgIpc) is 1.85. The summed E-state index contributed by atoms with van der Waals surface area (Å²) < 4.78 is 35.4. The van der Waals surface area contributed by atoms with Crippen molar-refractivity contribution in [2.75, 3.05) is 0 Å². The Bertz CT molecular complexity index is 122. The van der Waals surface area contributed by atoms with Crippen LogP contribution in [0.4, 0.5) is 13.2 Å². The molecule has 0 aliphatic carbocycles. The maximum Gasteiger partial charge on any atom is 0.414 e. The summed E-state index contributed by atoms with van der Waals surface area (Å²) >= 11 is 0. The molecule has 2 atom stereocenters. The zero-order valence-electron chi connectivity index (χ0n) is 7.36. The molecule has 0 radical (unpaired) electrons. The van der Waals surface area contributed by atoms with Crippen molar-refractivity contribution in [3.8, 4) is 0 Å². The quantitative estimate of drug-likeness (QED) is 0.712. The minimum absolute atomic E-state index is 0.0633. The topological polar surface area (TPSA) is 20.2 Å². The number of hydrogen-bond donors (Lipinski definition) is 1. The molecule has 0 aromatic carbocycles. The standard InChI is InChI=1S/C8H15F3O/c1-3-4-6(2)5-7(12)8(9,10)11/h6-7,12H,3-5H2,1-2H3. The van der Waals surface area contributed by atoms with Crippen molar-refractivity contribution >= 4 is 0 Å². The molecule has 0 aromatic rings. The van der Waals surface area contributed by atoms with Gasteiger partial charge in [0, 0.05) is 0 Å². The van der Waals surface area contributed by atoms with Crippen molar-refractivity contribution in [2.45, 2.75) is 45.4 Å². The minimum atomic E-state index is -4.46. The number of hydrogen-bond acceptors (Lipinski definition) is 1. The molecule has 1 nitrogen and oxygen atoms in total. The van der Waals surface area contributed by atoms with Gasteiger partial charge in [0.15, 0.2) is 0 Å². The van der Waals surface area contributed by atoms with Gasteiger partial charge in [-0.05, 0) is 12.3 Å². The fourth-order valence-electron chi connectivity index (χ4n) is 1.13. The van der Waals surface area contributed by atoms with Crippen LogP contribution in [0.3, 0.4) is 0 Å². The van der Waals surface area contributed by atoms with Crippen LogP contribution in [0.15, 0.2) is 0 Å². The summed E-state index contributed by atoms with van der Waals surface area (Å²) in [5, 5.41) is 8.66. The smallest absolute Gasteiger partial charge is 0.384 e. The van der Waals surface area contributed by atoms with Crippen molar-refractivity contribution in [1.29, 1.82) is 0 Å². The molecule has 0 rings (SSSR count). The largest absolute Gasteiger partial charge is 0.414 e. The van der Waals surface area contributed by atoms with E-state index in [4.69, 9.17) is 5.11 Å². The molecule has 0 saturated carbocycles. The lowest BCUT2D eigenvalue weighted by Crippen LogP contribution is -2.30. The van der Waals surface area contributed by atoms with Gasteiger partial charge in [-0.15, -0.1) is 0 Å². The number of aliphatic hydroxyl groups is 1. The van der Waals surface area contributed by atoms with Crippen LogP contribution in [0.5, 0.6) is 0 Å². The highest BCUT2D eigenvalue weighted by Crippen LogP contribution is 2.26. The van der Waals surface area contributed by atoms with Crippen LogP contribution in [-0.2, 0) is 0 Å². The Morgan fingerprint density at radius 1 is 1.33 bits per heavy atom. The molecule has 0 heterocycles. The SMILES string of the molecule is CCCC(C)CC(O)C(F)(F)F. The van der Waals surface area contributed by atoms with E-state index in [2.05, 4.69) is 0 Å². The van der Waals surface area contributed by atoms with E-state index >= 15 is 0 Å². The molecule has 0 aliphatic heterocycles. The molecule has 0 aliphatic rings. The molecule has 0 amide bonds. The molecule has 0 bridgehead atoms. The monoisotopic (exact) mass is 184 g/mol. The second-order valence-corrected chi connectivity index (χ2v) is 3.19. The maximum absolute atomic E-state index is 11.8. The normalized spacial score (nSPS) is 17.5. The first-order valence-electron chi connectivity index (χ1n) is 4.12. The summed E-state index contributed by atoms with van der Waals surface area (Å²) in [6.07, 6.45) is -5.21. The first-order valence-corrected chi connectivity index (χ1v) is 4.12. The highest BCUT2D eigenvalue weighted by atomic mass is 19.4. The second-order valence-electron chi connectivity index (χ2n) is 3.19. The first-order chi connectivity index (χ1) is 5.38. The van der Waals surface area contributed by atoms with Crippen molar-refractivity contribution < 1.29 is 18.3 Å². The molecule has 12 heavy (non-hydrogen) atoms. The Morgan fingerprint density at radius 2 is 1.83 bits per heavy atom. The fourth-order valence-corrected chi connectivity index (χ4v) is 1.13. The predicted octanol–water partition coefficient (Wildman–Crippen LogP) is 2.74. The van der Waals surface area contributed by atoms with Gasteiger partial charge in [0.2, 0.25) is 0 Å². The van der Waals surface area contributed by atoms with Crippen molar-refractivity contribution in [1.82, 2.24) is 0 Å². The van der Waals surface area contributed by atoms with Crippen LogP contribution < -0.4 is 0 Å². The lowest BCUT2D eigenvalue weighted by Gasteiger charge is -2.18. The Morgan fingerprint density at radius 3 is 2.17 bits per heavy atom. The molecule has 74 valence electrons. The van der Waals surface area contributed by atoms with Crippen LogP contribution in [-0.4, -0.2) is 17.4 Å². The summed E-state index contributed by atoms with van der Waals surface area (Å²) in [5.41, 5.74) is 0. The van der Waals surface area contributed by atoms with Crippen LogP contribution >= 0.6 is 0 Å². The first kappa shape index (κ1) is 11.8. The van der Waals surface area contributed by atoms with Gasteiger partial charge in [-0.2, -0.15) is 13.2 Å². The van der Waals surface area contributed by atoms with Crippen LogP contribution in [0.25, 0.3) is 0 Å². The predicted molar refractivity (Wildman–Crippen MR) is 40.8 cm³/mol. The van der Waals surface area contributed by atoms with Gasteiger partial charge in [0.1, 0.15) is 6.10 Å². The highest BCUT2D eigenvalue weighted by Gasteiger charge is 2.38.